The number of ether oxygens (including phenoxy) is 1. The normalized spacial score (nSPS) is 16.3. The molecular weight excluding hydrogens is 428 g/mol. The van der Waals surface area contributed by atoms with Gasteiger partial charge in [-0.1, -0.05) is 30.3 Å². The van der Waals surface area contributed by atoms with Gasteiger partial charge in [-0.3, -0.25) is 9.69 Å². The van der Waals surface area contributed by atoms with Crippen LogP contribution in [0.2, 0.25) is 0 Å². The minimum atomic E-state index is -0.982. The van der Waals surface area contributed by atoms with E-state index >= 15 is 0 Å². The van der Waals surface area contributed by atoms with Crippen LogP contribution in [0.1, 0.15) is 16.1 Å². The molecule has 1 aliphatic rings. The highest BCUT2D eigenvalue weighted by molar-refractivity contribution is 8.18. The van der Waals surface area contributed by atoms with E-state index in [1.807, 2.05) is 30.3 Å². The summed E-state index contributed by atoms with van der Waals surface area (Å²) in [6.07, 6.45) is 1.69. The number of rotatable bonds is 7. The monoisotopic (exact) mass is 448 g/mol. The first-order chi connectivity index (χ1) is 15.5. The van der Waals surface area contributed by atoms with Crippen LogP contribution in [0.4, 0.5) is 5.69 Å². The molecule has 8 heteroatoms. The Kier molecular flexibility index (Phi) is 6.53. The van der Waals surface area contributed by atoms with Crippen molar-refractivity contribution in [2.75, 3.05) is 20.3 Å². The molecule has 1 amide bonds. The Balaban J connectivity index is 1.59. The van der Waals surface area contributed by atoms with Gasteiger partial charge in [0.15, 0.2) is 5.17 Å². The number of furan rings is 1. The minimum absolute atomic E-state index is 0.162. The van der Waals surface area contributed by atoms with Gasteiger partial charge in [0, 0.05) is 18.7 Å². The van der Waals surface area contributed by atoms with Gasteiger partial charge in [0.25, 0.3) is 5.91 Å². The molecule has 1 fully saturated rings. The highest BCUT2D eigenvalue weighted by atomic mass is 32.2. The fraction of sp³-hybridized carbons (Fsp3) is 0.125. The van der Waals surface area contributed by atoms with Crippen molar-refractivity contribution < 1.29 is 23.8 Å². The highest BCUT2D eigenvalue weighted by Crippen LogP contribution is 2.35. The van der Waals surface area contributed by atoms with Crippen LogP contribution in [-0.2, 0) is 9.53 Å². The van der Waals surface area contributed by atoms with Crippen molar-refractivity contribution in [1.82, 2.24) is 4.90 Å². The Morgan fingerprint density at radius 2 is 1.88 bits per heavy atom. The van der Waals surface area contributed by atoms with Crippen LogP contribution in [0, 0.1) is 0 Å². The van der Waals surface area contributed by atoms with E-state index in [4.69, 9.17) is 14.3 Å². The van der Waals surface area contributed by atoms with Crippen molar-refractivity contribution in [1.29, 1.82) is 0 Å². The molecule has 2 heterocycles. The van der Waals surface area contributed by atoms with Gasteiger partial charge in [0.2, 0.25) is 0 Å². The van der Waals surface area contributed by atoms with Crippen molar-refractivity contribution in [2.24, 2.45) is 4.99 Å². The lowest BCUT2D eigenvalue weighted by Gasteiger charge is -2.14. The molecule has 0 atom stereocenters. The fourth-order valence-corrected chi connectivity index (χ4v) is 4.08. The second-order valence-electron chi connectivity index (χ2n) is 6.87. The van der Waals surface area contributed by atoms with Gasteiger partial charge >= 0.3 is 5.97 Å². The summed E-state index contributed by atoms with van der Waals surface area (Å²) in [7, 11) is 1.59. The Hall–Kier alpha value is -3.62. The average Bonchev–Trinajstić information content (AvgIpc) is 3.38. The molecule has 1 saturated heterocycles. The third-order valence-electron chi connectivity index (χ3n) is 4.70. The maximum atomic E-state index is 13.0. The second-order valence-corrected chi connectivity index (χ2v) is 7.88. The Labute approximate surface area is 189 Å². The van der Waals surface area contributed by atoms with Crippen LogP contribution in [0.15, 0.2) is 81.0 Å². The predicted molar refractivity (Wildman–Crippen MR) is 124 cm³/mol. The molecule has 1 aliphatic heterocycles. The Morgan fingerprint density at radius 1 is 1.12 bits per heavy atom. The molecule has 2 aromatic carbocycles. The van der Waals surface area contributed by atoms with Crippen molar-refractivity contribution in [2.45, 2.75) is 0 Å². The Morgan fingerprint density at radius 3 is 2.56 bits per heavy atom. The smallest absolute Gasteiger partial charge is 0.335 e. The van der Waals surface area contributed by atoms with Crippen molar-refractivity contribution in [3.05, 3.63) is 83.0 Å². The van der Waals surface area contributed by atoms with Crippen molar-refractivity contribution >= 4 is 40.6 Å². The van der Waals surface area contributed by atoms with Crippen molar-refractivity contribution in [3.8, 4) is 11.3 Å². The largest absolute Gasteiger partial charge is 0.478 e. The minimum Gasteiger partial charge on any atom is -0.478 e. The van der Waals surface area contributed by atoms with E-state index in [2.05, 4.69) is 4.99 Å². The third kappa shape index (κ3) is 4.82. The molecule has 4 rings (SSSR count). The molecule has 1 N–H and O–H groups in total. The Bertz CT molecular complexity index is 1180. The molecule has 1 aromatic heterocycles. The number of carboxylic acid groups (broad SMARTS) is 1. The van der Waals surface area contributed by atoms with E-state index in [9.17, 15) is 9.59 Å². The number of thioether (sulfide) groups is 1. The number of amides is 1. The molecule has 3 aromatic rings. The van der Waals surface area contributed by atoms with Gasteiger partial charge in [-0.25, -0.2) is 9.79 Å². The number of benzene rings is 2. The fourth-order valence-electron chi connectivity index (χ4n) is 3.08. The van der Waals surface area contributed by atoms with Gasteiger partial charge in [0.1, 0.15) is 11.5 Å². The topological polar surface area (TPSA) is 92.3 Å². The number of carbonyl (C=O) groups is 2. The lowest BCUT2D eigenvalue weighted by atomic mass is 10.1. The van der Waals surface area contributed by atoms with E-state index in [0.29, 0.717) is 34.7 Å². The molecule has 0 spiro atoms. The standard InChI is InChI=1S/C24H20N2O5S/c1-30-14-13-26-22(27)21(32-24(26)25-18-5-3-2-4-6-18)15-19-11-12-20(31-19)16-7-9-17(10-8-16)23(28)29/h2-12,15H,13-14H2,1H3,(H,28,29)/b21-15-,25-24?. The van der Waals surface area contributed by atoms with Gasteiger partial charge in [0.05, 0.1) is 29.3 Å². The summed E-state index contributed by atoms with van der Waals surface area (Å²) >= 11 is 1.28. The number of nitrogens with zero attached hydrogens (tertiary/aromatic N) is 2. The summed E-state index contributed by atoms with van der Waals surface area (Å²) < 4.78 is 11.0. The zero-order chi connectivity index (χ0) is 22.5. The average molecular weight is 449 g/mol. The number of carboxylic acids is 1. The second kappa shape index (κ2) is 9.67. The first-order valence-electron chi connectivity index (χ1n) is 9.83. The number of amidine groups is 1. The predicted octanol–water partition coefficient (Wildman–Crippen LogP) is 4.90. The number of hydrogen-bond acceptors (Lipinski definition) is 6. The molecule has 0 saturated carbocycles. The number of para-hydroxylation sites is 1. The van der Waals surface area contributed by atoms with Gasteiger partial charge < -0.3 is 14.3 Å². The summed E-state index contributed by atoms with van der Waals surface area (Å²) in [5.74, 6) is -0.0425. The number of aliphatic imine (C=N–C) groups is 1. The van der Waals surface area contributed by atoms with Crippen LogP contribution in [0.5, 0.6) is 0 Å². The van der Waals surface area contributed by atoms with Crippen LogP contribution < -0.4 is 0 Å². The highest BCUT2D eigenvalue weighted by Gasteiger charge is 2.33. The van der Waals surface area contributed by atoms with E-state index in [1.165, 1.54) is 23.9 Å². The number of aromatic carboxylic acids is 1. The molecule has 0 aliphatic carbocycles. The zero-order valence-corrected chi connectivity index (χ0v) is 18.0. The summed E-state index contributed by atoms with van der Waals surface area (Å²) in [6, 6.07) is 19.4. The molecular formula is C24H20N2O5S. The molecule has 0 radical (unpaired) electrons. The van der Waals surface area contributed by atoms with Crippen LogP contribution in [0.3, 0.4) is 0 Å². The quantitative estimate of drug-likeness (QED) is 0.517. The van der Waals surface area contributed by atoms with Crippen LogP contribution in [-0.4, -0.2) is 47.3 Å². The van der Waals surface area contributed by atoms with Gasteiger partial charge in [-0.2, -0.15) is 0 Å². The first kappa shape index (κ1) is 21.6. The van der Waals surface area contributed by atoms with E-state index < -0.39 is 5.97 Å². The molecule has 0 bridgehead atoms. The summed E-state index contributed by atoms with van der Waals surface area (Å²) in [6.45, 7) is 0.787. The maximum absolute atomic E-state index is 13.0. The molecule has 0 unspecified atom stereocenters. The summed E-state index contributed by atoms with van der Waals surface area (Å²) in [5.41, 5.74) is 1.71. The summed E-state index contributed by atoms with van der Waals surface area (Å²) in [5, 5.41) is 9.62. The van der Waals surface area contributed by atoms with Crippen LogP contribution in [0.25, 0.3) is 17.4 Å². The van der Waals surface area contributed by atoms with Crippen molar-refractivity contribution in [3.63, 3.8) is 0 Å². The maximum Gasteiger partial charge on any atom is 0.335 e. The van der Waals surface area contributed by atoms with E-state index in [1.54, 1.807) is 42.4 Å². The number of carbonyl (C=O) groups excluding carboxylic acids is 1. The SMILES string of the molecule is COCCN1C(=O)/C(=C/c2ccc(-c3ccc(C(=O)O)cc3)o2)SC1=Nc1ccccc1. The molecule has 162 valence electrons. The van der Waals surface area contributed by atoms with Crippen LogP contribution >= 0.6 is 11.8 Å². The zero-order valence-electron chi connectivity index (χ0n) is 17.2. The van der Waals surface area contributed by atoms with Gasteiger partial charge in [-0.05, 0) is 48.2 Å². The van der Waals surface area contributed by atoms with E-state index in [0.717, 1.165) is 11.3 Å². The lowest BCUT2D eigenvalue weighted by molar-refractivity contribution is -0.122. The number of hydrogen-bond donors (Lipinski definition) is 1. The number of methoxy groups -OCH3 is 1. The molecule has 7 nitrogen and oxygen atoms in total. The van der Waals surface area contributed by atoms with Gasteiger partial charge in [-0.15, -0.1) is 0 Å². The van der Waals surface area contributed by atoms with E-state index in [-0.39, 0.29) is 11.5 Å². The third-order valence-corrected chi connectivity index (χ3v) is 5.71. The lowest BCUT2D eigenvalue weighted by Crippen LogP contribution is -2.32. The molecule has 32 heavy (non-hydrogen) atoms. The first-order valence-corrected chi connectivity index (χ1v) is 10.6. The summed E-state index contributed by atoms with van der Waals surface area (Å²) in [4.78, 5) is 30.7.